The Kier molecular flexibility index (Phi) is 7.85. The fourth-order valence-corrected chi connectivity index (χ4v) is 3.41. The van der Waals surface area contributed by atoms with E-state index >= 15 is 0 Å². The molecule has 0 aromatic carbocycles. The molecule has 0 saturated carbocycles. The number of methoxy groups -OCH3 is 3. The van der Waals surface area contributed by atoms with Gasteiger partial charge in [-0.3, -0.25) is 14.5 Å². The maximum absolute atomic E-state index is 12.7. The van der Waals surface area contributed by atoms with Crippen LogP contribution in [0.1, 0.15) is 23.7 Å². The molecule has 3 N–H and O–H groups in total. The van der Waals surface area contributed by atoms with Crippen molar-refractivity contribution in [2.24, 2.45) is 5.92 Å². The maximum atomic E-state index is 12.7. The van der Waals surface area contributed by atoms with E-state index < -0.39 is 0 Å². The highest BCUT2D eigenvalue weighted by molar-refractivity contribution is 6.33. The van der Waals surface area contributed by atoms with Crippen LogP contribution in [0, 0.1) is 5.92 Å². The summed E-state index contributed by atoms with van der Waals surface area (Å²) in [5, 5.41) is 3.15. The molecule has 0 bridgehead atoms. The summed E-state index contributed by atoms with van der Waals surface area (Å²) >= 11 is 6.00. The second-order valence-corrected chi connectivity index (χ2v) is 7.15. The van der Waals surface area contributed by atoms with Gasteiger partial charge in [0, 0.05) is 26.7 Å². The number of nitrogens with zero attached hydrogens (tertiary/aromatic N) is 2. The highest BCUT2D eigenvalue weighted by Gasteiger charge is 2.32. The average molecular weight is 415 g/mol. The molecule has 3 atom stereocenters. The number of ether oxygens (including phenoxy) is 3. The summed E-state index contributed by atoms with van der Waals surface area (Å²) in [6.45, 7) is 3.69. The number of esters is 1. The molecule has 1 fully saturated rings. The number of nitrogens with one attached hydrogen (secondary N) is 1. The minimum atomic E-state index is -0.366. The molecule has 10 heteroatoms. The van der Waals surface area contributed by atoms with Crippen LogP contribution in [-0.4, -0.2) is 74.9 Å². The molecule has 1 saturated heterocycles. The SMILES string of the molecule is COC(=O)[C@@H](C)CN1CC[C@H](NC(=O)c2cc(Cl)c(N)nc2OC)[C@H](OC)C1. The number of likely N-dealkylation sites (tertiary alicyclic amines) is 1. The highest BCUT2D eigenvalue weighted by atomic mass is 35.5. The van der Waals surface area contributed by atoms with Gasteiger partial charge in [0.2, 0.25) is 5.88 Å². The molecular weight excluding hydrogens is 388 g/mol. The zero-order chi connectivity index (χ0) is 20.8. The minimum absolute atomic E-state index is 0.0952. The van der Waals surface area contributed by atoms with Crippen molar-refractivity contribution in [1.82, 2.24) is 15.2 Å². The summed E-state index contributed by atoms with van der Waals surface area (Å²) in [6, 6.07) is 1.23. The Hall–Kier alpha value is -2.10. The van der Waals surface area contributed by atoms with Gasteiger partial charge >= 0.3 is 5.97 Å². The second-order valence-electron chi connectivity index (χ2n) is 6.74. The number of aromatic nitrogens is 1. The summed E-state index contributed by atoms with van der Waals surface area (Å²) in [4.78, 5) is 30.5. The van der Waals surface area contributed by atoms with Gasteiger partial charge < -0.3 is 25.3 Å². The van der Waals surface area contributed by atoms with E-state index in [1.165, 1.54) is 20.3 Å². The monoisotopic (exact) mass is 414 g/mol. The molecular formula is C18H27ClN4O5. The van der Waals surface area contributed by atoms with Gasteiger partial charge in [0.05, 0.1) is 37.3 Å². The lowest BCUT2D eigenvalue weighted by atomic mass is 9.99. The number of carbonyl (C=O) groups is 2. The highest BCUT2D eigenvalue weighted by Crippen LogP contribution is 2.25. The van der Waals surface area contributed by atoms with Crippen LogP contribution < -0.4 is 15.8 Å². The van der Waals surface area contributed by atoms with Crippen molar-refractivity contribution in [1.29, 1.82) is 0 Å². The zero-order valence-electron chi connectivity index (χ0n) is 16.5. The number of amides is 1. The van der Waals surface area contributed by atoms with E-state index in [9.17, 15) is 9.59 Å². The van der Waals surface area contributed by atoms with Gasteiger partial charge in [-0.1, -0.05) is 18.5 Å². The van der Waals surface area contributed by atoms with Gasteiger partial charge in [-0.15, -0.1) is 0 Å². The first-order valence-electron chi connectivity index (χ1n) is 8.94. The van der Waals surface area contributed by atoms with Crippen LogP contribution in [0.2, 0.25) is 5.02 Å². The Morgan fingerprint density at radius 1 is 1.43 bits per heavy atom. The van der Waals surface area contributed by atoms with E-state index in [0.29, 0.717) is 26.1 Å². The topological polar surface area (TPSA) is 116 Å². The normalized spacial score (nSPS) is 21.0. The molecule has 2 heterocycles. The van der Waals surface area contributed by atoms with E-state index in [1.807, 2.05) is 6.92 Å². The number of halogens is 1. The predicted molar refractivity (Wildman–Crippen MR) is 104 cm³/mol. The van der Waals surface area contributed by atoms with E-state index in [-0.39, 0.29) is 52.2 Å². The van der Waals surface area contributed by atoms with E-state index in [0.717, 1.165) is 0 Å². The van der Waals surface area contributed by atoms with Crippen molar-refractivity contribution in [3.63, 3.8) is 0 Å². The average Bonchev–Trinajstić information content (AvgIpc) is 2.69. The third-order valence-corrected chi connectivity index (χ3v) is 5.11. The Morgan fingerprint density at radius 3 is 2.75 bits per heavy atom. The van der Waals surface area contributed by atoms with Gasteiger partial charge in [0.25, 0.3) is 5.91 Å². The van der Waals surface area contributed by atoms with Crippen molar-refractivity contribution >= 4 is 29.3 Å². The molecule has 0 unspecified atom stereocenters. The molecule has 2 rings (SSSR count). The van der Waals surface area contributed by atoms with Crippen LogP contribution in [0.25, 0.3) is 0 Å². The van der Waals surface area contributed by atoms with Gasteiger partial charge in [0.1, 0.15) is 11.4 Å². The third kappa shape index (κ3) is 5.24. The number of carbonyl (C=O) groups excluding carboxylic acids is 2. The van der Waals surface area contributed by atoms with Gasteiger partial charge in [-0.2, -0.15) is 4.98 Å². The Morgan fingerprint density at radius 2 is 2.14 bits per heavy atom. The fourth-order valence-electron chi connectivity index (χ4n) is 3.26. The van der Waals surface area contributed by atoms with Crippen LogP contribution in [0.15, 0.2) is 6.07 Å². The molecule has 1 amide bonds. The lowest BCUT2D eigenvalue weighted by Gasteiger charge is -2.38. The summed E-state index contributed by atoms with van der Waals surface area (Å²) in [5.41, 5.74) is 5.87. The summed E-state index contributed by atoms with van der Waals surface area (Å²) in [6.07, 6.45) is 0.432. The molecule has 0 radical (unpaired) electrons. The summed E-state index contributed by atoms with van der Waals surface area (Å²) in [5.74, 6) is -0.643. The molecule has 0 spiro atoms. The van der Waals surface area contributed by atoms with Gasteiger partial charge in [-0.25, -0.2) is 0 Å². The van der Waals surface area contributed by atoms with Crippen molar-refractivity contribution in [2.75, 3.05) is 46.7 Å². The molecule has 1 aromatic heterocycles. The molecule has 28 heavy (non-hydrogen) atoms. The second kappa shape index (κ2) is 9.90. The number of hydrogen-bond donors (Lipinski definition) is 2. The van der Waals surface area contributed by atoms with Gasteiger partial charge in [0.15, 0.2) is 0 Å². The number of hydrogen-bond acceptors (Lipinski definition) is 8. The number of rotatable bonds is 7. The third-order valence-electron chi connectivity index (χ3n) is 4.80. The first kappa shape index (κ1) is 22.2. The Bertz CT molecular complexity index is 717. The van der Waals surface area contributed by atoms with E-state index in [4.69, 9.17) is 31.5 Å². The summed E-state index contributed by atoms with van der Waals surface area (Å²) in [7, 11) is 4.38. The standard InChI is InChI=1S/C18H27ClN4O5/c1-10(18(25)28-4)8-23-6-5-13(14(9-23)26-2)21-16(24)11-7-12(19)15(20)22-17(11)27-3/h7,10,13-14H,5-6,8-9H2,1-4H3,(H2,20,22)(H,21,24)/t10-,13-,14+/m0/s1. The summed E-state index contributed by atoms with van der Waals surface area (Å²) < 4.78 is 15.5. The smallest absolute Gasteiger partial charge is 0.309 e. The van der Waals surface area contributed by atoms with Crippen LogP contribution in [0.4, 0.5) is 5.82 Å². The first-order chi connectivity index (χ1) is 13.3. The van der Waals surface area contributed by atoms with Crippen molar-refractivity contribution in [2.45, 2.75) is 25.5 Å². The largest absolute Gasteiger partial charge is 0.480 e. The maximum Gasteiger partial charge on any atom is 0.309 e. The van der Waals surface area contributed by atoms with Crippen molar-refractivity contribution in [3.05, 3.63) is 16.7 Å². The fraction of sp³-hybridized carbons (Fsp3) is 0.611. The Labute approximate surface area is 169 Å². The van der Waals surface area contributed by atoms with E-state index in [1.54, 1.807) is 7.11 Å². The van der Waals surface area contributed by atoms with Crippen LogP contribution >= 0.6 is 11.6 Å². The Balaban J connectivity index is 2.04. The lowest BCUT2D eigenvalue weighted by Crippen LogP contribution is -2.55. The quantitative estimate of drug-likeness (QED) is 0.633. The lowest BCUT2D eigenvalue weighted by molar-refractivity contribution is -0.145. The van der Waals surface area contributed by atoms with Crippen molar-refractivity contribution < 1.29 is 23.8 Å². The number of pyridine rings is 1. The predicted octanol–water partition coefficient (Wildman–Crippen LogP) is 0.954. The molecule has 1 aliphatic heterocycles. The van der Waals surface area contributed by atoms with Gasteiger partial charge in [-0.05, 0) is 12.5 Å². The number of nitrogen functional groups attached to an aromatic ring is 1. The number of anilines is 1. The molecule has 0 aliphatic carbocycles. The van der Waals surface area contributed by atoms with Crippen LogP contribution in [-0.2, 0) is 14.3 Å². The van der Waals surface area contributed by atoms with Crippen molar-refractivity contribution in [3.8, 4) is 5.88 Å². The van der Waals surface area contributed by atoms with Crippen LogP contribution in [0.5, 0.6) is 5.88 Å². The van der Waals surface area contributed by atoms with E-state index in [2.05, 4.69) is 15.2 Å². The zero-order valence-corrected chi connectivity index (χ0v) is 17.3. The molecule has 156 valence electrons. The molecule has 1 aromatic rings. The number of nitrogens with two attached hydrogens (primary N) is 1. The van der Waals surface area contributed by atoms with Crippen LogP contribution in [0.3, 0.4) is 0 Å². The minimum Gasteiger partial charge on any atom is -0.480 e. The number of piperidine rings is 1. The molecule has 9 nitrogen and oxygen atoms in total. The molecule has 1 aliphatic rings. The first-order valence-corrected chi connectivity index (χ1v) is 9.32.